The van der Waals surface area contributed by atoms with Crippen molar-refractivity contribution in [1.29, 1.82) is 0 Å². The van der Waals surface area contributed by atoms with Gasteiger partial charge in [-0.15, -0.1) is 0 Å². The molecule has 3 rings (SSSR count). The molecule has 20 heavy (non-hydrogen) atoms. The minimum Gasteiger partial charge on any atom is -0.342 e. The third-order valence-electron chi connectivity index (χ3n) is 3.18. The van der Waals surface area contributed by atoms with E-state index in [-0.39, 0.29) is 0 Å². The summed E-state index contributed by atoms with van der Waals surface area (Å²) in [4.78, 5) is 1.09. The Labute approximate surface area is 121 Å². The predicted octanol–water partition coefficient (Wildman–Crippen LogP) is 1.86. The molecule has 0 spiro atoms. The Morgan fingerprint density at radius 2 is 1.75 bits per heavy atom. The fourth-order valence-electron chi connectivity index (χ4n) is 2.33. The molecule has 0 bridgehead atoms. The van der Waals surface area contributed by atoms with Gasteiger partial charge in [0.15, 0.2) is 0 Å². The van der Waals surface area contributed by atoms with Crippen molar-refractivity contribution < 1.29 is 5.41 Å². The zero-order chi connectivity index (χ0) is 13.9. The van der Waals surface area contributed by atoms with Crippen molar-refractivity contribution >= 4 is 27.8 Å². The van der Waals surface area contributed by atoms with Crippen molar-refractivity contribution in [3.05, 3.63) is 66.4 Å². The molecule has 0 fully saturated rings. The minimum absolute atomic E-state index is 0.368. The molecule has 4 N–H and O–H groups in total. The van der Waals surface area contributed by atoms with E-state index in [1.807, 2.05) is 18.2 Å². The van der Waals surface area contributed by atoms with Gasteiger partial charge >= 0.3 is 5.17 Å². The highest BCUT2D eigenvalue weighted by Gasteiger charge is 2.11. The number of fused-ring (bicyclic) bond motifs is 1. The van der Waals surface area contributed by atoms with Gasteiger partial charge in [-0.3, -0.25) is 11.1 Å². The van der Waals surface area contributed by atoms with Crippen LogP contribution >= 0.6 is 11.8 Å². The monoisotopic (exact) mass is 282 g/mol. The van der Waals surface area contributed by atoms with Crippen LogP contribution in [0.15, 0.2) is 65.7 Å². The fourth-order valence-corrected chi connectivity index (χ4v) is 3.05. The Bertz CT molecular complexity index is 747. The maximum Gasteiger partial charge on any atom is 0.304 e. The van der Waals surface area contributed by atoms with Gasteiger partial charge in [0.05, 0.1) is 0 Å². The van der Waals surface area contributed by atoms with Crippen molar-refractivity contribution in [1.82, 2.24) is 4.57 Å². The Kier molecular flexibility index (Phi) is 3.48. The molecule has 0 saturated carbocycles. The largest absolute Gasteiger partial charge is 0.342 e. The number of rotatable bonds is 3. The lowest BCUT2D eigenvalue weighted by molar-refractivity contribution is -0.110. The summed E-state index contributed by atoms with van der Waals surface area (Å²) in [5.74, 6) is 0. The van der Waals surface area contributed by atoms with Gasteiger partial charge in [0.1, 0.15) is 0 Å². The second-order valence-electron chi connectivity index (χ2n) is 4.63. The Balaban J connectivity index is 2.04. The molecule has 0 aliphatic rings. The number of aromatic nitrogens is 1. The molecule has 100 valence electrons. The second kappa shape index (κ2) is 5.43. The summed E-state index contributed by atoms with van der Waals surface area (Å²) in [7, 11) is 0. The molecule has 4 heteroatoms. The summed E-state index contributed by atoms with van der Waals surface area (Å²) in [6, 6.07) is 18.7. The number of thioether (sulfide) groups is 1. The van der Waals surface area contributed by atoms with E-state index in [0.29, 0.717) is 5.17 Å². The average molecular weight is 282 g/mol. The van der Waals surface area contributed by atoms with E-state index in [0.717, 1.165) is 11.4 Å². The topological polar surface area (TPSA) is 56.5 Å². The first kappa shape index (κ1) is 12.8. The molecule has 3 nitrogen and oxygen atoms in total. The van der Waals surface area contributed by atoms with Crippen molar-refractivity contribution in [3.8, 4) is 0 Å². The summed E-state index contributed by atoms with van der Waals surface area (Å²) >= 11 is 1.41. The molecular weight excluding hydrogens is 266 g/mol. The lowest BCUT2D eigenvalue weighted by atomic mass is 10.2. The van der Waals surface area contributed by atoms with Crippen LogP contribution in [0.3, 0.4) is 0 Å². The van der Waals surface area contributed by atoms with E-state index >= 15 is 0 Å². The number of amidine groups is 1. The van der Waals surface area contributed by atoms with E-state index in [9.17, 15) is 0 Å². The van der Waals surface area contributed by atoms with Gasteiger partial charge in [0, 0.05) is 28.5 Å². The van der Waals surface area contributed by atoms with Crippen LogP contribution in [0.25, 0.3) is 10.9 Å². The standard InChI is InChI=1S/C16H15N3S/c17-16(18)20-15-11-19(10-12-6-2-1-3-7-12)14-9-5-4-8-13(14)15/h1-9,11H,10H2,(H3,17,18)/p+1. The highest BCUT2D eigenvalue weighted by Crippen LogP contribution is 2.29. The van der Waals surface area contributed by atoms with Crippen LogP contribution in [0.2, 0.25) is 0 Å². The molecular formula is C16H16N3S+. The van der Waals surface area contributed by atoms with Gasteiger partial charge in [0.2, 0.25) is 0 Å². The zero-order valence-corrected chi connectivity index (χ0v) is 11.8. The van der Waals surface area contributed by atoms with Crippen LogP contribution in [0.5, 0.6) is 0 Å². The minimum atomic E-state index is 0.368. The van der Waals surface area contributed by atoms with Crippen LogP contribution in [-0.4, -0.2) is 9.73 Å². The summed E-state index contributed by atoms with van der Waals surface area (Å²) in [6.45, 7) is 0.840. The van der Waals surface area contributed by atoms with Crippen molar-refractivity contribution in [3.63, 3.8) is 0 Å². The van der Waals surface area contributed by atoms with Crippen LogP contribution in [0.1, 0.15) is 5.56 Å². The maximum absolute atomic E-state index is 5.63. The summed E-state index contributed by atoms with van der Waals surface area (Å²) in [5.41, 5.74) is 8.09. The number of hydrogen-bond donors (Lipinski definition) is 2. The fraction of sp³-hybridized carbons (Fsp3) is 0.0625. The van der Waals surface area contributed by atoms with Crippen molar-refractivity contribution in [2.75, 3.05) is 0 Å². The lowest BCUT2D eigenvalue weighted by Crippen LogP contribution is -2.43. The number of hydrogen-bond acceptors (Lipinski definition) is 1. The molecule has 1 aromatic heterocycles. The molecule has 0 saturated heterocycles. The Hall–Kier alpha value is -2.20. The van der Waals surface area contributed by atoms with Crippen LogP contribution in [0.4, 0.5) is 0 Å². The zero-order valence-electron chi connectivity index (χ0n) is 11.0. The number of benzene rings is 2. The molecule has 0 unspecified atom stereocenters. The van der Waals surface area contributed by atoms with Crippen LogP contribution in [0, 0.1) is 0 Å². The molecule has 0 radical (unpaired) electrons. The Morgan fingerprint density at radius 1 is 1.05 bits per heavy atom. The third kappa shape index (κ3) is 2.56. The van der Waals surface area contributed by atoms with E-state index in [4.69, 9.17) is 11.1 Å². The summed E-state index contributed by atoms with van der Waals surface area (Å²) < 4.78 is 2.23. The highest BCUT2D eigenvalue weighted by molar-refractivity contribution is 8.13. The smallest absolute Gasteiger partial charge is 0.304 e. The van der Waals surface area contributed by atoms with Gasteiger partial charge < -0.3 is 4.57 Å². The number of nitrogens with zero attached hydrogens (tertiary/aromatic N) is 1. The van der Waals surface area contributed by atoms with E-state index < -0.39 is 0 Å². The first-order valence-corrected chi connectivity index (χ1v) is 7.23. The lowest BCUT2D eigenvalue weighted by Gasteiger charge is -2.05. The SMILES string of the molecule is NC(=[NH2+])Sc1cn(Cc2ccccc2)c2ccccc12. The molecule has 0 atom stereocenters. The first-order valence-electron chi connectivity index (χ1n) is 6.41. The van der Waals surface area contributed by atoms with Gasteiger partial charge in [-0.2, -0.15) is 0 Å². The maximum atomic E-state index is 5.63. The first-order chi connectivity index (χ1) is 9.74. The second-order valence-corrected chi connectivity index (χ2v) is 5.74. The Morgan fingerprint density at radius 3 is 2.50 bits per heavy atom. The summed E-state index contributed by atoms with van der Waals surface area (Å²) in [6.07, 6.45) is 2.11. The van der Waals surface area contributed by atoms with Gasteiger partial charge in [-0.1, -0.05) is 48.5 Å². The number of nitrogens with two attached hydrogens (primary N) is 2. The van der Waals surface area contributed by atoms with Gasteiger partial charge in [0.25, 0.3) is 0 Å². The normalized spacial score (nSPS) is 10.8. The quantitative estimate of drug-likeness (QED) is 0.437. The molecule has 0 amide bonds. The third-order valence-corrected chi connectivity index (χ3v) is 3.96. The molecule has 0 aliphatic carbocycles. The predicted molar refractivity (Wildman–Crippen MR) is 84.5 cm³/mol. The molecule has 0 aliphatic heterocycles. The van der Waals surface area contributed by atoms with Gasteiger partial charge in [-0.05, 0) is 23.4 Å². The van der Waals surface area contributed by atoms with Crippen molar-refractivity contribution in [2.24, 2.45) is 5.73 Å². The van der Waals surface area contributed by atoms with Crippen LogP contribution < -0.4 is 11.1 Å². The molecule has 2 aromatic carbocycles. The van der Waals surface area contributed by atoms with Crippen molar-refractivity contribution in [2.45, 2.75) is 11.4 Å². The summed E-state index contributed by atoms with van der Waals surface area (Å²) in [5, 5.41) is 7.18. The average Bonchev–Trinajstić information content (AvgIpc) is 2.78. The highest BCUT2D eigenvalue weighted by atomic mass is 32.2. The van der Waals surface area contributed by atoms with Crippen LogP contribution in [-0.2, 0) is 6.54 Å². The molecule has 3 aromatic rings. The van der Waals surface area contributed by atoms with E-state index in [1.165, 1.54) is 28.2 Å². The van der Waals surface area contributed by atoms with Gasteiger partial charge in [-0.25, -0.2) is 0 Å². The van der Waals surface area contributed by atoms with E-state index in [1.54, 1.807) is 0 Å². The number of para-hydroxylation sites is 1. The molecule has 1 heterocycles. The van der Waals surface area contributed by atoms with E-state index in [2.05, 4.69) is 47.2 Å².